The van der Waals surface area contributed by atoms with Crippen LogP contribution in [-0.2, 0) is 6.42 Å². The fraction of sp³-hybridized carbons (Fsp3) is 0.500. The number of unbranched alkanes of at least 4 members (excludes halogenated alkanes) is 1. The van der Waals surface area contributed by atoms with Crippen LogP contribution in [0.15, 0.2) is 18.5 Å². The van der Waals surface area contributed by atoms with Gasteiger partial charge in [0.1, 0.15) is 0 Å². The predicted molar refractivity (Wildman–Crippen MR) is 52.2 cm³/mol. The second kappa shape index (κ2) is 6.27. The summed E-state index contributed by atoms with van der Waals surface area (Å²) in [7, 11) is 0. The van der Waals surface area contributed by atoms with E-state index in [-0.39, 0.29) is 0 Å². The second-order valence-electron chi connectivity index (χ2n) is 2.98. The van der Waals surface area contributed by atoms with E-state index < -0.39 is 0 Å². The lowest BCUT2D eigenvalue weighted by atomic mass is 10.2. The third-order valence-electron chi connectivity index (χ3n) is 1.89. The summed E-state index contributed by atoms with van der Waals surface area (Å²) in [4.78, 5) is 3.02. The molecule has 1 rings (SSSR count). The monoisotopic (exact) mass is 177 g/mol. The molecule has 0 atom stereocenters. The van der Waals surface area contributed by atoms with Crippen molar-refractivity contribution in [3.05, 3.63) is 24.0 Å². The quantitative estimate of drug-likeness (QED) is 0.646. The van der Waals surface area contributed by atoms with Gasteiger partial charge in [-0.2, -0.15) is 5.26 Å². The van der Waals surface area contributed by atoms with Crippen molar-refractivity contribution in [1.82, 2.24) is 10.3 Å². The maximum absolute atomic E-state index is 8.29. The lowest BCUT2D eigenvalue weighted by Gasteiger charge is -2.00. The fourth-order valence-corrected chi connectivity index (χ4v) is 1.16. The summed E-state index contributed by atoms with van der Waals surface area (Å²) in [5, 5.41) is 11.6. The minimum absolute atomic E-state index is 0.650. The van der Waals surface area contributed by atoms with E-state index in [4.69, 9.17) is 5.26 Å². The van der Waals surface area contributed by atoms with Gasteiger partial charge >= 0.3 is 0 Å². The van der Waals surface area contributed by atoms with Gasteiger partial charge in [0.15, 0.2) is 0 Å². The third kappa shape index (κ3) is 4.34. The molecule has 0 radical (unpaired) electrons. The van der Waals surface area contributed by atoms with Gasteiger partial charge in [0, 0.05) is 18.8 Å². The molecular weight excluding hydrogens is 162 g/mol. The zero-order valence-electron chi connectivity index (χ0n) is 7.71. The summed E-state index contributed by atoms with van der Waals surface area (Å²) in [6.07, 6.45) is 6.60. The molecular formula is C10H15N3. The molecule has 2 N–H and O–H groups in total. The summed E-state index contributed by atoms with van der Waals surface area (Å²) in [6.45, 7) is 1.93. The number of hydrogen-bond donors (Lipinski definition) is 2. The Labute approximate surface area is 78.8 Å². The Balaban J connectivity index is 1.94. The molecule has 3 heteroatoms. The molecule has 0 aliphatic heterocycles. The van der Waals surface area contributed by atoms with Crippen LogP contribution in [-0.4, -0.2) is 18.1 Å². The molecule has 0 saturated carbocycles. The number of H-pyrrole nitrogens is 1. The van der Waals surface area contributed by atoms with Gasteiger partial charge in [-0.05, 0) is 37.6 Å². The number of nitrogens with one attached hydrogen (secondary N) is 2. The van der Waals surface area contributed by atoms with Crippen molar-refractivity contribution in [2.75, 3.05) is 13.1 Å². The maximum atomic E-state index is 8.29. The SMILES string of the molecule is N#CCCCNCCc1cc[nH]c1. The van der Waals surface area contributed by atoms with Crippen molar-refractivity contribution in [1.29, 1.82) is 5.26 Å². The summed E-state index contributed by atoms with van der Waals surface area (Å²) >= 11 is 0. The molecule has 0 aliphatic carbocycles. The van der Waals surface area contributed by atoms with E-state index in [1.165, 1.54) is 5.56 Å². The number of nitriles is 1. The van der Waals surface area contributed by atoms with Crippen LogP contribution in [0.2, 0.25) is 0 Å². The number of nitrogens with zero attached hydrogens (tertiary/aromatic N) is 1. The van der Waals surface area contributed by atoms with E-state index in [1.807, 2.05) is 12.4 Å². The van der Waals surface area contributed by atoms with Crippen LogP contribution in [0.5, 0.6) is 0 Å². The zero-order valence-corrected chi connectivity index (χ0v) is 7.71. The first-order chi connectivity index (χ1) is 6.43. The Hall–Kier alpha value is -1.27. The first-order valence-corrected chi connectivity index (χ1v) is 4.63. The minimum atomic E-state index is 0.650. The van der Waals surface area contributed by atoms with Gasteiger partial charge in [-0.25, -0.2) is 0 Å². The van der Waals surface area contributed by atoms with Crippen LogP contribution >= 0.6 is 0 Å². The van der Waals surface area contributed by atoms with Gasteiger partial charge in [0.25, 0.3) is 0 Å². The van der Waals surface area contributed by atoms with Crippen molar-refractivity contribution >= 4 is 0 Å². The fourth-order valence-electron chi connectivity index (χ4n) is 1.16. The molecule has 1 aromatic rings. The summed E-state index contributed by atoms with van der Waals surface area (Å²) in [5.41, 5.74) is 1.33. The van der Waals surface area contributed by atoms with E-state index in [0.29, 0.717) is 6.42 Å². The van der Waals surface area contributed by atoms with Gasteiger partial charge in [0.2, 0.25) is 0 Å². The van der Waals surface area contributed by atoms with E-state index in [1.54, 1.807) is 0 Å². The topological polar surface area (TPSA) is 51.6 Å². The Morgan fingerprint density at radius 1 is 1.46 bits per heavy atom. The molecule has 1 heterocycles. The van der Waals surface area contributed by atoms with Crippen molar-refractivity contribution in [2.24, 2.45) is 0 Å². The van der Waals surface area contributed by atoms with Gasteiger partial charge in [0.05, 0.1) is 6.07 Å². The van der Waals surface area contributed by atoms with Crippen LogP contribution in [0.25, 0.3) is 0 Å². The van der Waals surface area contributed by atoms with Gasteiger partial charge in [-0.1, -0.05) is 0 Å². The van der Waals surface area contributed by atoms with Crippen LogP contribution in [0.3, 0.4) is 0 Å². The standard InChI is InChI=1S/C10H15N3/c11-5-1-2-6-12-7-3-10-4-8-13-9-10/h4,8-9,12-13H,1-3,6-7H2. The Kier molecular flexibility index (Phi) is 4.73. The lowest BCUT2D eigenvalue weighted by molar-refractivity contribution is 0.655. The third-order valence-corrected chi connectivity index (χ3v) is 1.89. The Bertz CT molecular complexity index is 246. The number of aromatic amines is 1. The molecule has 0 saturated heterocycles. The van der Waals surface area contributed by atoms with E-state index in [0.717, 1.165) is 25.9 Å². The maximum Gasteiger partial charge on any atom is 0.0622 e. The molecule has 1 aromatic heterocycles. The largest absolute Gasteiger partial charge is 0.367 e. The highest BCUT2D eigenvalue weighted by atomic mass is 14.8. The number of hydrogen-bond acceptors (Lipinski definition) is 2. The molecule has 70 valence electrons. The smallest absolute Gasteiger partial charge is 0.0622 e. The van der Waals surface area contributed by atoms with Crippen molar-refractivity contribution in [3.8, 4) is 6.07 Å². The molecule has 0 fully saturated rings. The highest BCUT2D eigenvalue weighted by molar-refractivity contribution is 5.08. The number of aromatic nitrogens is 1. The van der Waals surface area contributed by atoms with Crippen molar-refractivity contribution < 1.29 is 0 Å². The lowest BCUT2D eigenvalue weighted by Crippen LogP contribution is -2.18. The molecule has 0 spiro atoms. The first-order valence-electron chi connectivity index (χ1n) is 4.63. The normalized spacial score (nSPS) is 9.77. The van der Waals surface area contributed by atoms with Crippen molar-refractivity contribution in [2.45, 2.75) is 19.3 Å². The summed E-state index contributed by atoms with van der Waals surface area (Å²) in [5.74, 6) is 0. The van der Waals surface area contributed by atoms with Crippen LogP contribution in [0.4, 0.5) is 0 Å². The predicted octanol–water partition coefficient (Wildman–Crippen LogP) is 1.45. The average molecular weight is 177 g/mol. The molecule has 0 bridgehead atoms. The van der Waals surface area contributed by atoms with Gasteiger partial charge < -0.3 is 10.3 Å². The molecule has 0 unspecified atom stereocenters. The Morgan fingerprint density at radius 3 is 3.08 bits per heavy atom. The molecule has 0 amide bonds. The summed E-state index contributed by atoms with van der Waals surface area (Å²) < 4.78 is 0. The van der Waals surface area contributed by atoms with Crippen molar-refractivity contribution in [3.63, 3.8) is 0 Å². The van der Waals surface area contributed by atoms with Crippen LogP contribution < -0.4 is 5.32 Å². The summed E-state index contributed by atoms with van der Waals surface area (Å²) in [6, 6.07) is 4.21. The molecule has 0 aromatic carbocycles. The van der Waals surface area contributed by atoms with Gasteiger partial charge in [-0.15, -0.1) is 0 Å². The average Bonchev–Trinajstić information content (AvgIpc) is 2.63. The van der Waals surface area contributed by atoms with Gasteiger partial charge in [-0.3, -0.25) is 0 Å². The zero-order chi connectivity index (χ0) is 9.36. The second-order valence-corrected chi connectivity index (χ2v) is 2.98. The van der Waals surface area contributed by atoms with E-state index >= 15 is 0 Å². The highest BCUT2D eigenvalue weighted by Gasteiger charge is 1.91. The first kappa shape index (κ1) is 9.82. The minimum Gasteiger partial charge on any atom is -0.367 e. The Morgan fingerprint density at radius 2 is 2.38 bits per heavy atom. The van der Waals surface area contributed by atoms with E-state index in [9.17, 15) is 0 Å². The highest BCUT2D eigenvalue weighted by Crippen LogP contribution is 1.95. The van der Waals surface area contributed by atoms with Crippen LogP contribution in [0, 0.1) is 11.3 Å². The molecule has 13 heavy (non-hydrogen) atoms. The van der Waals surface area contributed by atoms with E-state index in [2.05, 4.69) is 22.4 Å². The number of rotatable bonds is 6. The van der Waals surface area contributed by atoms with Crippen LogP contribution in [0.1, 0.15) is 18.4 Å². The molecule has 3 nitrogen and oxygen atoms in total. The molecule has 0 aliphatic rings.